The lowest BCUT2D eigenvalue weighted by molar-refractivity contribution is -0.121. The maximum Gasteiger partial charge on any atom is 0.248 e. The zero-order valence-electron chi connectivity index (χ0n) is 14.9. The summed E-state index contributed by atoms with van der Waals surface area (Å²) in [6, 6.07) is 5.62. The van der Waals surface area contributed by atoms with E-state index < -0.39 is 16.1 Å². The van der Waals surface area contributed by atoms with E-state index in [4.69, 9.17) is 9.26 Å². The molecule has 0 saturated carbocycles. The van der Waals surface area contributed by atoms with Gasteiger partial charge in [0.15, 0.2) is 5.82 Å². The van der Waals surface area contributed by atoms with E-state index in [1.807, 2.05) is 6.92 Å². The number of amides is 1. The van der Waals surface area contributed by atoms with Crippen LogP contribution >= 0.6 is 0 Å². The van der Waals surface area contributed by atoms with Crippen LogP contribution in [0, 0.1) is 6.92 Å². The van der Waals surface area contributed by atoms with Gasteiger partial charge >= 0.3 is 0 Å². The van der Waals surface area contributed by atoms with E-state index in [2.05, 4.69) is 20.2 Å². The molecule has 9 nitrogen and oxygen atoms in total. The van der Waals surface area contributed by atoms with Gasteiger partial charge in [0.05, 0.1) is 11.5 Å². The van der Waals surface area contributed by atoms with Crippen molar-refractivity contribution in [1.82, 2.24) is 20.2 Å². The molecule has 0 aliphatic rings. The molecule has 1 heterocycles. The van der Waals surface area contributed by atoms with E-state index in [0.29, 0.717) is 24.1 Å². The highest BCUT2D eigenvalue weighted by molar-refractivity contribution is 7.89. The smallest absolute Gasteiger partial charge is 0.248 e. The molecule has 0 bridgehead atoms. The molecule has 0 fully saturated rings. The fraction of sp³-hybridized carbons (Fsp3) is 0.438. The molecule has 1 unspecified atom stereocenters. The Morgan fingerprint density at radius 1 is 1.31 bits per heavy atom. The lowest BCUT2D eigenvalue weighted by Crippen LogP contribution is -2.32. The van der Waals surface area contributed by atoms with E-state index >= 15 is 0 Å². The van der Waals surface area contributed by atoms with Gasteiger partial charge < -0.3 is 14.6 Å². The van der Waals surface area contributed by atoms with Gasteiger partial charge in [-0.3, -0.25) is 4.79 Å². The summed E-state index contributed by atoms with van der Waals surface area (Å²) >= 11 is 0. The van der Waals surface area contributed by atoms with Crippen molar-refractivity contribution in [2.75, 3.05) is 13.2 Å². The number of carbonyl (C=O) groups is 1. The first-order chi connectivity index (χ1) is 12.3. The highest BCUT2D eigenvalue weighted by Gasteiger charge is 2.17. The van der Waals surface area contributed by atoms with Crippen LogP contribution in [0.2, 0.25) is 0 Å². The molecule has 142 valence electrons. The molecule has 1 aromatic carbocycles. The average molecular weight is 382 g/mol. The maximum absolute atomic E-state index is 12.2. The number of benzene rings is 1. The van der Waals surface area contributed by atoms with Crippen molar-refractivity contribution < 1.29 is 22.5 Å². The van der Waals surface area contributed by atoms with Gasteiger partial charge in [-0.25, -0.2) is 13.1 Å². The molecule has 0 aliphatic heterocycles. The third kappa shape index (κ3) is 5.53. The van der Waals surface area contributed by atoms with E-state index in [0.717, 1.165) is 0 Å². The second-order valence-corrected chi connectivity index (χ2v) is 7.29. The van der Waals surface area contributed by atoms with Gasteiger partial charge in [-0.15, -0.1) is 0 Å². The van der Waals surface area contributed by atoms with Crippen molar-refractivity contribution in [3.63, 3.8) is 0 Å². The Morgan fingerprint density at radius 2 is 2.00 bits per heavy atom. The van der Waals surface area contributed by atoms with Crippen molar-refractivity contribution in [2.45, 2.75) is 38.1 Å². The Kier molecular flexibility index (Phi) is 6.70. The number of hydrogen-bond acceptors (Lipinski definition) is 7. The number of ether oxygens (including phenoxy) is 1. The number of rotatable bonds is 9. The Morgan fingerprint density at radius 3 is 2.58 bits per heavy atom. The van der Waals surface area contributed by atoms with Gasteiger partial charge in [0, 0.05) is 13.0 Å². The fourth-order valence-corrected chi connectivity index (χ4v) is 3.16. The maximum atomic E-state index is 12.2. The number of nitrogens with zero attached hydrogens (tertiary/aromatic N) is 2. The number of nitrogens with one attached hydrogen (secondary N) is 2. The van der Waals surface area contributed by atoms with Crippen LogP contribution in [0.3, 0.4) is 0 Å². The van der Waals surface area contributed by atoms with Crippen molar-refractivity contribution >= 4 is 15.9 Å². The van der Waals surface area contributed by atoms with Gasteiger partial charge in [0.1, 0.15) is 11.8 Å². The highest BCUT2D eigenvalue weighted by atomic mass is 32.2. The zero-order chi connectivity index (χ0) is 19.2. The molecule has 2 N–H and O–H groups in total. The molecule has 1 aromatic heterocycles. The standard InChI is InChI=1S/C16H22N4O5S/c1-4-24-13-5-7-14(8-6-13)26(22,23)17-10-9-15(21)18-11(2)16-19-12(3)20-25-16/h5-8,11,17H,4,9-10H2,1-3H3,(H,18,21). The lowest BCUT2D eigenvalue weighted by atomic mass is 10.3. The van der Waals surface area contributed by atoms with Crippen LogP contribution in [0.5, 0.6) is 5.75 Å². The first-order valence-electron chi connectivity index (χ1n) is 8.14. The van der Waals surface area contributed by atoms with Crippen molar-refractivity contribution in [3.05, 3.63) is 36.0 Å². The minimum absolute atomic E-state index is 0.0201. The van der Waals surface area contributed by atoms with Crippen LogP contribution < -0.4 is 14.8 Å². The predicted octanol–water partition coefficient (Wildman–Crippen LogP) is 1.32. The minimum Gasteiger partial charge on any atom is -0.494 e. The topological polar surface area (TPSA) is 123 Å². The van der Waals surface area contributed by atoms with Gasteiger partial charge in [0.2, 0.25) is 21.8 Å². The van der Waals surface area contributed by atoms with Gasteiger partial charge in [-0.05, 0) is 45.0 Å². The molecule has 0 spiro atoms. The molecule has 0 aliphatic carbocycles. The summed E-state index contributed by atoms with van der Waals surface area (Å²) in [6.45, 7) is 5.70. The second kappa shape index (κ2) is 8.77. The van der Waals surface area contributed by atoms with E-state index in [1.54, 1.807) is 26.0 Å². The molecule has 2 aromatic rings. The van der Waals surface area contributed by atoms with Gasteiger partial charge in [-0.1, -0.05) is 5.16 Å². The predicted molar refractivity (Wildman–Crippen MR) is 93.0 cm³/mol. The quantitative estimate of drug-likeness (QED) is 0.670. The number of aromatic nitrogens is 2. The first kappa shape index (κ1) is 19.9. The van der Waals surface area contributed by atoms with Crippen LogP contribution in [0.1, 0.15) is 38.0 Å². The molecular weight excluding hydrogens is 360 g/mol. The largest absolute Gasteiger partial charge is 0.494 e. The third-order valence-corrected chi connectivity index (χ3v) is 4.86. The highest BCUT2D eigenvalue weighted by Crippen LogP contribution is 2.15. The molecule has 0 radical (unpaired) electrons. The van der Waals surface area contributed by atoms with Crippen molar-refractivity contribution in [2.24, 2.45) is 0 Å². The summed E-state index contributed by atoms with van der Waals surface area (Å²) in [4.78, 5) is 16.1. The van der Waals surface area contributed by atoms with Crippen LogP contribution in [0.15, 0.2) is 33.7 Å². The minimum atomic E-state index is -3.69. The molecule has 1 amide bonds. The van der Waals surface area contributed by atoms with Crippen LogP contribution in [0.25, 0.3) is 0 Å². The van der Waals surface area contributed by atoms with Crippen LogP contribution in [0.4, 0.5) is 0 Å². The monoisotopic (exact) mass is 382 g/mol. The summed E-state index contributed by atoms with van der Waals surface area (Å²) in [5.41, 5.74) is 0. The Bertz CT molecular complexity index is 833. The fourth-order valence-electron chi connectivity index (χ4n) is 2.13. The van der Waals surface area contributed by atoms with Crippen molar-refractivity contribution in [3.8, 4) is 5.75 Å². The Balaban J connectivity index is 1.82. The number of carbonyl (C=O) groups excluding carboxylic acids is 1. The molecule has 26 heavy (non-hydrogen) atoms. The van der Waals surface area contributed by atoms with Gasteiger partial charge in [0.25, 0.3) is 0 Å². The summed E-state index contributed by atoms with van der Waals surface area (Å²) in [5, 5.41) is 6.32. The van der Waals surface area contributed by atoms with Gasteiger partial charge in [-0.2, -0.15) is 4.98 Å². The van der Waals surface area contributed by atoms with E-state index in [-0.39, 0.29) is 23.8 Å². The number of sulfonamides is 1. The third-order valence-electron chi connectivity index (χ3n) is 3.38. The lowest BCUT2D eigenvalue weighted by Gasteiger charge is -2.11. The summed E-state index contributed by atoms with van der Waals surface area (Å²) < 4.78 is 37.1. The molecule has 2 rings (SSSR count). The normalized spacial score (nSPS) is 12.6. The van der Waals surface area contributed by atoms with E-state index in [9.17, 15) is 13.2 Å². The Labute approximate surface area is 152 Å². The second-order valence-electron chi connectivity index (χ2n) is 5.52. The molecule has 1 atom stereocenters. The molecule has 10 heteroatoms. The zero-order valence-corrected chi connectivity index (χ0v) is 15.7. The number of aryl methyl sites for hydroxylation is 1. The molecule has 0 saturated heterocycles. The summed E-state index contributed by atoms with van der Waals surface area (Å²) in [5.74, 6) is 1.04. The van der Waals surface area contributed by atoms with Crippen molar-refractivity contribution in [1.29, 1.82) is 0 Å². The average Bonchev–Trinajstić information content (AvgIpc) is 3.02. The molecular formula is C16H22N4O5S. The Hall–Kier alpha value is -2.46. The first-order valence-corrected chi connectivity index (χ1v) is 9.62. The SMILES string of the molecule is CCOc1ccc(S(=O)(=O)NCCC(=O)NC(C)c2nc(C)no2)cc1. The van der Waals surface area contributed by atoms with Crippen LogP contribution in [-0.2, 0) is 14.8 Å². The summed E-state index contributed by atoms with van der Waals surface area (Å²) in [7, 11) is -3.69. The van der Waals surface area contributed by atoms with Crippen LogP contribution in [-0.4, -0.2) is 37.6 Å². The van der Waals surface area contributed by atoms with E-state index in [1.165, 1.54) is 12.1 Å². The summed E-state index contributed by atoms with van der Waals surface area (Å²) in [6.07, 6.45) is -0.0201. The number of hydrogen-bond donors (Lipinski definition) is 2.